The van der Waals surface area contributed by atoms with Gasteiger partial charge in [0.25, 0.3) is 5.91 Å². The number of carbonyl (C=O) groups is 1. The second-order valence-electron chi connectivity index (χ2n) is 7.89. The molecule has 0 bridgehead atoms. The van der Waals surface area contributed by atoms with Crippen molar-refractivity contribution in [2.45, 2.75) is 32.5 Å². The van der Waals surface area contributed by atoms with Crippen LogP contribution in [-0.4, -0.2) is 50.4 Å². The number of benzene rings is 1. The Balaban J connectivity index is 1.26. The van der Waals surface area contributed by atoms with Gasteiger partial charge in [-0.2, -0.15) is 0 Å². The zero-order chi connectivity index (χ0) is 22.1. The van der Waals surface area contributed by atoms with Crippen molar-refractivity contribution in [3.8, 4) is 11.5 Å². The Morgan fingerprint density at radius 3 is 2.88 bits per heavy atom. The van der Waals surface area contributed by atoms with Gasteiger partial charge in [0.2, 0.25) is 6.79 Å². The predicted octanol–water partition coefficient (Wildman–Crippen LogP) is 2.60. The number of nitrogens with zero attached hydrogens (tertiary/aromatic N) is 5. The van der Waals surface area contributed by atoms with Gasteiger partial charge in [-0.1, -0.05) is 11.6 Å². The molecule has 10 heteroatoms. The van der Waals surface area contributed by atoms with Crippen molar-refractivity contribution >= 4 is 17.5 Å². The first-order valence-electron chi connectivity index (χ1n) is 10.5. The van der Waals surface area contributed by atoms with Crippen LogP contribution < -0.4 is 14.8 Å². The van der Waals surface area contributed by atoms with Crippen LogP contribution in [0.5, 0.6) is 11.5 Å². The Morgan fingerprint density at radius 1 is 1.22 bits per heavy atom. The number of ether oxygens (including phenoxy) is 2. The molecule has 4 heterocycles. The molecule has 0 saturated carbocycles. The third-order valence-corrected chi connectivity index (χ3v) is 6.09. The van der Waals surface area contributed by atoms with Crippen LogP contribution in [0, 0.1) is 0 Å². The maximum Gasteiger partial charge on any atom is 0.253 e. The molecule has 0 radical (unpaired) electrons. The molecule has 1 amide bonds. The number of fused-ring (bicyclic) bond motifs is 2. The third kappa shape index (κ3) is 4.13. The maximum atomic E-state index is 12.5. The average molecular weight is 455 g/mol. The first-order chi connectivity index (χ1) is 15.6. The lowest BCUT2D eigenvalue weighted by Crippen LogP contribution is -2.30. The Kier molecular flexibility index (Phi) is 5.67. The van der Waals surface area contributed by atoms with E-state index < -0.39 is 0 Å². The van der Waals surface area contributed by atoms with Crippen molar-refractivity contribution in [2.75, 3.05) is 19.9 Å². The lowest BCUT2D eigenvalue weighted by molar-refractivity contribution is 0.0937. The van der Waals surface area contributed by atoms with Gasteiger partial charge in [0.15, 0.2) is 17.3 Å². The average Bonchev–Trinajstić information content (AvgIpc) is 3.37. The van der Waals surface area contributed by atoms with E-state index in [1.165, 1.54) is 0 Å². The van der Waals surface area contributed by atoms with Gasteiger partial charge in [-0.3, -0.25) is 14.7 Å². The highest BCUT2D eigenvalue weighted by molar-refractivity contribution is 6.31. The first kappa shape index (κ1) is 20.7. The predicted molar refractivity (Wildman–Crippen MR) is 117 cm³/mol. The zero-order valence-electron chi connectivity index (χ0n) is 17.6. The summed E-state index contributed by atoms with van der Waals surface area (Å²) in [7, 11) is 0. The molecule has 5 rings (SSSR count). The van der Waals surface area contributed by atoms with E-state index in [1.807, 2.05) is 19.1 Å². The fraction of sp³-hybridized carbons (Fsp3) is 0.364. The Morgan fingerprint density at radius 2 is 2.06 bits per heavy atom. The quantitative estimate of drug-likeness (QED) is 0.633. The summed E-state index contributed by atoms with van der Waals surface area (Å²) in [6.07, 6.45) is 3.95. The summed E-state index contributed by atoms with van der Waals surface area (Å²) in [6, 6.07) is 6.97. The van der Waals surface area contributed by atoms with Crippen molar-refractivity contribution in [3.63, 3.8) is 0 Å². The number of halogens is 1. The molecule has 0 aliphatic carbocycles. The number of hydrogen-bond donors (Lipinski definition) is 1. The van der Waals surface area contributed by atoms with Crippen molar-refractivity contribution < 1.29 is 14.3 Å². The van der Waals surface area contributed by atoms with Crippen molar-refractivity contribution in [1.82, 2.24) is 30.0 Å². The highest BCUT2D eigenvalue weighted by atomic mass is 35.5. The van der Waals surface area contributed by atoms with Gasteiger partial charge < -0.3 is 19.4 Å². The smallest absolute Gasteiger partial charge is 0.253 e. The Labute approximate surface area is 190 Å². The Bertz CT molecular complexity index is 1140. The lowest BCUT2D eigenvalue weighted by atomic mass is 10.2. The third-order valence-electron chi connectivity index (χ3n) is 5.74. The van der Waals surface area contributed by atoms with E-state index in [4.69, 9.17) is 21.1 Å². The number of rotatable bonds is 5. The van der Waals surface area contributed by atoms with Crippen molar-refractivity contribution in [1.29, 1.82) is 0 Å². The van der Waals surface area contributed by atoms with Crippen LogP contribution in [-0.2, 0) is 19.5 Å². The van der Waals surface area contributed by atoms with Crippen molar-refractivity contribution in [2.24, 2.45) is 0 Å². The van der Waals surface area contributed by atoms with Gasteiger partial charge >= 0.3 is 0 Å². The molecular formula is C22H23ClN6O3. The van der Waals surface area contributed by atoms with Gasteiger partial charge in [0.05, 0.1) is 11.6 Å². The minimum Gasteiger partial charge on any atom is -0.454 e. The number of aromatic nitrogens is 4. The van der Waals surface area contributed by atoms with Crippen LogP contribution in [0.3, 0.4) is 0 Å². The van der Waals surface area contributed by atoms with Crippen LogP contribution in [0.15, 0.2) is 36.7 Å². The Hall–Kier alpha value is -3.17. The molecule has 2 aromatic heterocycles. The van der Waals surface area contributed by atoms with Gasteiger partial charge in [0.1, 0.15) is 5.82 Å². The molecule has 1 N–H and O–H groups in total. The van der Waals surface area contributed by atoms with E-state index >= 15 is 0 Å². The molecule has 1 atom stereocenters. The van der Waals surface area contributed by atoms with Crippen LogP contribution in [0.1, 0.15) is 40.5 Å². The summed E-state index contributed by atoms with van der Waals surface area (Å²) in [4.78, 5) is 18.8. The van der Waals surface area contributed by atoms with Gasteiger partial charge in [-0.15, -0.1) is 10.2 Å². The normalized spacial score (nSPS) is 16.3. The second-order valence-corrected chi connectivity index (χ2v) is 8.29. The van der Waals surface area contributed by atoms with E-state index in [0.717, 1.165) is 49.0 Å². The molecule has 0 spiro atoms. The lowest BCUT2D eigenvalue weighted by Gasteiger charge is -2.21. The van der Waals surface area contributed by atoms with Gasteiger partial charge in [-0.05, 0) is 30.7 Å². The van der Waals surface area contributed by atoms with Crippen LogP contribution in [0.2, 0.25) is 5.02 Å². The monoisotopic (exact) mass is 454 g/mol. The highest BCUT2D eigenvalue weighted by Gasteiger charge is 2.24. The van der Waals surface area contributed by atoms with Crippen molar-refractivity contribution in [3.05, 3.63) is 64.5 Å². The summed E-state index contributed by atoms with van der Waals surface area (Å²) in [5.41, 5.74) is 1.52. The summed E-state index contributed by atoms with van der Waals surface area (Å²) in [5, 5.41) is 12.4. The zero-order valence-corrected chi connectivity index (χ0v) is 18.4. The number of hydrogen-bond acceptors (Lipinski definition) is 7. The van der Waals surface area contributed by atoms with Gasteiger partial charge in [0, 0.05) is 56.1 Å². The fourth-order valence-corrected chi connectivity index (χ4v) is 4.24. The summed E-state index contributed by atoms with van der Waals surface area (Å²) >= 11 is 6.47. The van der Waals surface area contributed by atoms with Crippen LogP contribution in [0.25, 0.3) is 0 Å². The van der Waals surface area contributed by atoms with E-state index in [0.29, 0.717) is 22.9 Å². The van der Waals surface area contributed by atoms with E-state index in [1.54, 1.807) is 24.5 Å². The fourth-order valence-electron chi connectivity index (χ4n) is 4.03. The second kappa shape index (κ2) is 8.76. The van der Waals surface area contributed by atoms with E-state index in [2.05, 4.69) is 30.0 Å². The molecule has 32 heavy (non-hydrogen) atoms. The molecule has 9 nitrogen and oxygen atoms in total. The largest absolute Gasteiger partial charge is 0.454 e. The molecule has 0 saturated heterocycles. The molecule has 3 aromatic rings. The molecule has 2 aliphatic rings. The first-order valence-corrected chi connectivity index (χ1v) is 10.9. The number of carbonyl (C=O) groups excluding carboxylic acids is 1. The molecule has 166 valence electrons. The minimum atomic E-state index is -0.279. The molecule has 1 unspecified atom stereocenters. The summed E-state index contributed by atoms with van der Waals surface area (Å²) in [6.45, 7) is 5.22. The summed E-state index contributed by atoms with van der Waals surface area (Å²) < 4.78 is 13.0. The van der Waals surface area contributed by atoms with E-state index in [9.17, 15) is 4.79 Å². The summed E-state index contributed by atoms with van der Waals surface area (Å²) in [5.74, 6) is 2.90. The van der Waals surface area contributed by atoms with Gasteiger partial charge in [-0.25, -0.2) is 0 Å². The number of nitrogens with one attached hydrogen (secondary N) is 1. The molecule has 1 aromatic carbocycles. The SMILES string of the molecule is CC(NC(=O)c1cccnc1)c1nnc2n1CCN(Cc1cc3c(cc1Cl)OCO3)CC2. The maximum absolute atomic E-state index is 12.5. The number of amides is 1. The topological polar surface area (TPSA) is 94.4 Å². The molecular weight excluding hydrogens is 432 g/mol. The standard InChI is InChI=1S/C22H23ClN6O3/c1-14(25-22(30)15-3-2-5-24-11-15)21-27-26-20-4-6-28(7-8-29(20)21)12-16-9-18-19(10-17(16)23)32-13-31-18/h2-3,5,9-11,14H,4,6-8,12-13H2,1H3,(H,25,30). The van der Waals surface area contributed by atoms with Crippen LogP contribution in [0.4, 0.5) is 0 Å². The van der Waals surface area contributed by atoms with E-state index in [-0.39, 0.29) is 18.7 Å². The molecule has 0 fully saturated rings. The molecule has 2 aliphatic heterocycles. The highest BCUT2D eigenvalue weighted by Crippen LogP contribution is 2.37. The minimum absolute atomic E-state index is 0.185. The number of pyridine rings is 1. The van der Waals surface area contributed by atoms with Crippen LogP contribution >= 0.6 is 11.6 Å².